The maximum absolute atomic E-state index is 12.3. The van der Waals surface area contributed by atoms with Gasteiger partial charge >= 0.3 is 0 Å². The van der Waals surface area contributed by atoms with Crippen molar-refractivity contribution in [3.63, 3.8) is 0 Å². The number of hydrogen-bond acceptors (Lipinski definition) is 5. The lowest BCUT2D eigenvalue weighted by molar-refractivity contribution is -0.0696. The van der Waals surface area contributed by atoms with Gasteiger partial charge in [0.1, 0.15) is 5.76 Å². The van der Waals surface area contributed by atoms with Gasteiger partial charge in [-0.1, -0.05) is 25.0 Å². The van der Waals surface area contributed by atoms with Gasteiger partial charge in [-0.25, -0.2) is 0 Å². The van der Waals surface area contributed by atoms with Gasteiger partial charge in [0, 0.05) is 45.0 Å². The van der Waals surface area contributed by atoms with Crippen molar-refractivity contribution in [3.05, 3.63) is 59.5 Å². The topological polar surface area (TPSA) is 63.9 Å². The van der Waals surface area contributed by atoms with E-state index in [4.69, 9.17) is 13.9 Å². The second-order valence-corrected chi connectivity index (χ2v) is 9.25. The number of ether oxygens (including phenoxy) is 2. The summed E-state index contributed by atoms with van der Waals surface area (Å²) in [5.41, 5.74) is 1.81. The number of carbonyl (C=O) groups excluding carboxylic acids is 1. The predicted octanol–water partition coefficient (Wildman–Crippen LogP) is 4.54. The third kappa shape index (κ3) is 6.67. The summed E-state index contributed by atoms with van der Waals surface area (Å²) in [6.07, 6.45) is 9.45. The van der Waals surface area contributed by atoms with Gasteiger partial charge in [-0.3, -0.25) is 9.69 Å². The molecule has 1 aromatic carbocycles. The summed E-state index contributed by atoms with van der Waals surface area (Å²) >= 11 is 0. The van der Waals surface area contributed by atoms with E-state index in [9.17, 15) is 4.79 Å². The lowest BCUT2D eigenvalue weighted by atomic mass is 10.00. The molecule has 6 nitrogen and oxygen atoms in total. The molecule has 2 aliphatic rings. The average Bonchev–Trinajstić information content (AvgIpc) is 3.25. The van der Waals surface area contributed by atoms with Crippen molar-refractivity contribution in [1.29, 1.82) is 0 Å². The predicted molar refractivity (Wildman–Crippen MR) is 123 cm³/mol. The van der Waals surface area contributed by atoms with E-state index < -0.39 is 0 Å². The molecule has 0 radical (unpaired) electrons. The molecule has 2 aromatic rings. The maximum atomic E-state index is 12.3. The molecule has 1 N–H and O–H groups in total. The fraction of sp³-hybridized carbons (Fsp3) is 0.577. The minimum absolute atomic E-state index is 0.0286. The van der Waals surface area contributed by atoms with E-state index in [1.165, 1.54) is 18.4 Å². The normalized spacial score (nSPS) is 17.7. The molecule has 1 heterocycles. The van der Waals surface area contributed by atoms with Crippen LogP contribution in [0, 0.1) is 0 Å². The van der Waals surface area contributed by atoms with Crippen LogP contribution in [0.5, 0.6) is 0 Å². The Bertz CT molecular complexity index is 824. The van der Waals surface area contributed by atoms with E-state index in [2.05, 4.69) is 22.3 Å². The molecule has 0 atom stereocenters. The minimum atomic E-state index is -0.107. The molecule has 0 saturated heterocycles. The molecule has 2 saturated carbocycles. The highest BCUT2D eigenvalue weighted by Gasteiger charge is 2.36. The lowest BCUT2D eigenvalue weighted by Gasteiger charge is -2.35. The Balaban J connectivity index is 1.42. The van der Waals surface area contributed by atoms with Gasteiger partial charge in [0.05, 0.1) is 18.4 Å². The van der Waals surface area contributed by atoms with Crippen LogP contribution in [0.1, 0.15) is 66.6 Å². The first-order valence-corrected chi connectivity index (χ1v) is 11.9. The van der Waals surface area contributed by atoms with Crippen LogP contribution >= 0.6 is 0 Å². The van der Waals surface area contributed by atoms with Crippen molar-refractivity contribution in [2.45, 2.75) is 69.7 Å². The Labute approximate surface area is 191 Å². The number of hydrogen-bond donors (Lipinski definition) is 1. The number of rotatable bonds is 13. The van der Waals surface area contributed by atoms with Gasteiger partial charge < -0.3 is 19.2 Å². The van der Waals surface area contributed by atoms with Crippen molar-refractivity contribution in [3.8, 4) is 0 Å². The van der Waals surface area contributed by atoms with E-state index in [-0.39, 0.29) is 11.5 Å². The first-order valence-electron chi connectivity index (χ1n) is 11.9. The van der Waals surface area contributed by atoms with Crippen LogP contribution in [-0.2, 0) is 22.6 Å². The zero-order valence-corrected chi connectivity index (χ0v) is 19.2. The van der Waals surface area contributed by atoms with Gasteiger partial charge in [-0.05, 0) is 61.9 Å². The average molecular weight is 441 g/mol. The van der Waals surface area contributed by atoms with Crippen molar-refractivity contribution in [2.24, 2.45) is 0 Å². The molecule has 0 bridgehead atoms. The third-order valence-corrected chi connectivity index (χ3v) is 6.42. The van der Waals surface area contributed by atoms with Crippen molar-refractivity contribution in [1.82, 2.24) is 10.2 Å². The summed E-state index contributed by atoms with van der Waals surface area (Å²) in [6, 6.07) is 12.3. The summed E-state index contributed by atoms with van der Waals surface area (Å²) < 4.78 is 17.3. The molecule has 0 unspecified atom stereocenters. The van der Waals surface area contributed by atoms with Crippen LogP contribution in [0.4, 0.5) is 0 Å². The summed E-state index contributed by atoms with van der Waals surface area (Å²) in [7, 11) is 1.73. The van der Waals surface area contributed by atoms with E-state index in [0.717, 1.165) is 76.3 Å². The van der Waals surface area contributed by atoms with Crippen molar-refractivity contribution >= 4 is 5.91 Å². The highest BCUT2D eigenvalue weighted by Crippen LogP contribution is 2.35. The first kappa shape index (κ1) is 23.0. The zero-order chi connectivity index (χ0) is 22.2. The minimum Gasteiger partial charge on any atom is -0.468 e. The summed E-state index contributed by atoms with van der Waals surface area (Å²) in [6.45, 7) is 3.85. The zero-order valence-electron chi connectivity index (χ0n) is 19.2. The van der Waals surface area contributed by atoms with E-state index in [1.54, 1.807) is 13.4 Å². The SMILES string of the molecule is COCCCOC1(CN(Cc2ccc(C(=O)NC3CC3)cc2)Cc2ccco2)CCCC1. The number of amides is 1. The quantitative estimate of drug-likeness (QED) is 0.463. The molecule has 1 amide bonds. The number of nitrogens with zero attached hydrogens (tertiary/aromatic N) is 1. The molecule has 4 rings (SSSR count). The molecule has 2 aliphatic carbocycles. The Hall–Kier alpha value is -2.15. The summed E-state index contributed by atoms with van der Waals surface area (Å²) in [4.78, 5) is 14.7. The maximum Gasteiger partial charge on any atom is 0.251 e. The molecule has 32 heavy (non-hydrogen) atoms. The highest BCUT2D eigenvalue weighted by molar-refractivity contribution is 5.94. The van der Waals surface area contributed by atoms with Crippen molar-refractivity contribution in [2.75, 3.05) is 26.9 Å². The molecule has 1 aromatic heterocycles. The fourth-order valence-corrected chi connectivity index (χ4v) is 4.57. The smallest absolute Gasteiger partial charge is 0.251 e. The number of methoxy groups -OCH3 is 1. The largest absolute Gasteiger partial charge is 0.468 e. The fourth-order valence-electron chi connectivity index (χ4n) is 4.57. The van der Waals surface area contributed by atoms with Gasteiger partial charge in [0.25, 0.3) is 5.91 Å². The van der Waals surface area contributed by atoms with E-state index >= 15 is 0 Å². The second kappa shape index (κ2) is 11.1. The lowest BCUT2D eigenvalue weighted by Crippen LogP contribution is -2.43. The van der Waals surface area contributed by atoms with Crippen LogP contribution in [0.25, 0.3) is 0 Å². The molecule has 6 heteroatoms. The Kier molecular flexibility index (Phi) is 8.00. The number of furan rings is 1. The molecule has 174 valence electrons. The first-order chi connectivity index (χ1) is 15.7. The van der Waals surface area contributed by atoms with Gasteiger partial charge in [-0.2, -0.15) is 0 Å². The number of carbonyl (C=O) groups is 1. The van der Waals surface area contributed by atoms with Gasteiger partial charge in [-0.15, -0.1) is 0 Å². The Morgan fingerprint density at radius 1 is 1.12 bits per heavy atom. The van der Waals surface area contributed by atoms with Crippen LogP contribution in [-0.4, -0.2) is 49.3 Å². The number of nitrogens with one attached hydrogen (secondary N) is 1. The molecular weight excluding hydrogens is 404 g/mol. The van der Waals surface area contributed by atoms with Gasteiger partial charge in [0.2, 0.25) is 0 Å². The van der Waals surface area contributed by atoms with Crippen molar-refractivity contribution < 1.29 is 18.7 Å². The second-order valence-electron chi connectivity index (χ2n) is 9.25. The standard InChI is InChI=1S/C26H36N2O4/c1-30-15-5-17-32-26(13-2-3-14-26)20-28(19-24-6-4-16-31-24)18-21-7-9-22(10-8-21)25(29)27-23-11-12-23/h4,6-10,16,23H,2-3,5,11-15,17-20H2,1H3,(H,27,29). The summed E-state index contributed by atoms with van der Waals surface area (Å²) in [5, 5.41) is 3.05. The monoisotopic (exact) mass is 440 g/mol. The molecular formula is C26H36N2O4. The Morgan fingerprint density at radius 3 is 2.56 bits per heavy atom. The Morgan fingerprint density at radius 2 is 1.91 bits per heavy atom. The number of benzene rings is 1. The van der Waals surface area contributed by atoms with E-state index in [1.807, 2.05) is 24.3 Å². The molecule has 0 aliphatic heterocycles. The van der Waals surface area contributed by atoms with Gasteiger partial charge in [0.15, 0.2) is 0 Å². The van der Waals surface area contributed by atoms with Crippen LogP contribution < -0.4 is 5.32 Å². The van der Waals surface area contributed by atoms with Crippen LogP contribution in [0.2, 0.25) is 0 Å². The molecule has 2 fully saturated rings. The summed E-state index contributed by atoms with van der Waals surface area (Å²) in [5.74, 6) is 0.985. The van der Waals surface area contributed by atoms with E-state index in [0.29, 0.717) is 6.04 Å². The highest BCUT2D eigenvalue weighted by atomic mass is 16.5. The third-order valence-electron chi connectivity index (χ3n) is 6.42. The molecule has 0 spiro atoms. The van der Waals surface area contributed by atoms with Crippen LogP contribution in [0.3, 0.4) is 0 Å². The van der Waals surface area contributed by atoms with Crippen LogP contribution in [0.15, 0.2) is 47.1 Å².